The largest absolute Gasteiger partial charge is 0.479 e. The molecule has 1 saturated heterocycles. The SMILES string of the molecule is CC(C)(C)OC(=O)NC1CCCCCC=CC2CC2(C(=O)O)NC(=O)C2CC(OC(=O)N3Cc4ccc5c(c4C3)OCO5)CN2C1=O. The summed E-state index contributed by atoms with van der Waals surface area (Å²) in [6.07, 6.45) is 4.99. The van der Waals surface area contributed by atoms with Crippen LogP contribution in [0.15, 0.2) is 24.3 Å². The van der Waals surface area contributed by atoms with Gasteiger partial charge in [-0.25, -0.2) is 14.4 Å². The summed E-state index contributed by atoms with van der Waals surface area (Å²) in [6, 6.07) is 1.55. The van der Waals surface area contributed by atoms with Crippen molar-refractivity contribution in [3.63, 3.8) is 0 Å². The molecular formula is C33H42N4O10. The molecule has 0 radical (unpaired) electrons. The van der Waals surface area contributed by atoms with Crippen LogP contribution in [0.2, 0.25) is 0 Å². The molecule has 5 unspecified atom stereocenters. The van der Waals surface area contributed by atoms with E-state index >= 15 is 0 Å². The lowest BCUT2D eigenvalue weighted by Gasteiger charge is -2.30. The Labute approximate surface area is 272 Å². The van der Waals surface area contributed by atoms with Crippen LogP contribution in [0.25, 0.3) is 0 Å². The maximum Gasteiger partial charge on any atom is 0.410 e. The number of hydrogen-bond donors (Lipinski definition) is 3. The number of ether oxygens (including phenoxy) is 4. The summed E-state index contributed by atoms with van der Waals surface area (Å²) < 4.78 is 22.4. The van der Waals surface area contributed by atoms with Crippen LogP contribution in [0, 0.1) is 5.92 Å². The van der Waals surface area contributed by atoms with Crippen molar-refractivity contribution in [2.45, 2.75) is 108 Å². The Morgan fingerprint density at radius 1 is 1.11 bits per heavy atom. The van der Waals surface area contributed by atoms with Gasteiger partial charge in [-0.1, -0.05) is 31.1 Å². The van der Waals surface area contributed by atoms with Crippen molar-refractivity contribution in [2.75, 3.05) is 13.3 Å². The van der Waals surface area contributed by atoms with Crippen molar-refractivity contribution < 1.29 is 48.0 Å². The van der Waals surface area contributed by atoms with Crippen molar-refractivity contribution in [3.8, 4) is 11.5 Å². The van der Waals surface area contributed by atoms with E-state index in [1.54, 1.807) is 26.8 Å². The number of carboxylic acid groups (broad SMARTS) is 1. The molecule has 1 saturated carbocycles. The van der Waals surface area contributed by atoms with Gasteiger partial charge < -0.3 is 39.6 Å². The Morgan fingerprint density at radius 3 is 2.68 bits per heavy atom. The first kappa shape index (κ1) is 32.5. The molecule has 6 rings (SSSR count). The fraction of sp³-hybridized carbons (Fsp3) is 0.606. The van der Waals surface area contributed by atoms with E-state index < -0.39 is 59.3 Å². The maximum atomic E-state index is 14.1. The molecule has 14 heteroatoms. The van der Waals surface area contributed by atoms with Gasteiger partial charge in [-0.3, -0.25) is 14.5 Å². The summed E-state index contributed by atoms with van der Waals surface area (Å²) in [5.74, 6) is -1.48. The molecule has 0 aromatic heterocycles. The smallest absolute Gasteiger partial charge is 0.410 e. The Kier molecular flexibility index (Phi) is 8.70. The van der Waals surface area contributed by atoms with Crippen LogP contribution >= 0.6 is 0 Å². The number of amides is 4. The molecule has 4 amide bonds. The number of rotatable bonds is 3. The Balaban J connectivity index is 1.21. The first-order valence-electron chi connectivity index (χ1n) is 16.2. The van der Waals surface area contributed by atoms with Gasteiger partial charge in [0.05, 0.1) is 13.1 Å². The number of hydrogen-bond acceptors (Lipinski definition) is 9. The number of carboxylic acids is 1. The predicted octanol–water partition coefficient (Wildman–Crippen LogP) is 3.21. The fourth-order valence-corrected chi connectivity index (χ4v) is 6.79. The third-order valence-electron chi connectivity index (χ3n) is 9.29. The maximum absolute atomic E-state index is 14.1. The number of nitrogens with one attached hydrogen (secondary N) is 2. The van der Waals surface area contributed by atoms with E-state index in [2.05, 4.69) is 10.6 Å². The van der Waals surface area contributed by atoms with Crippen LogP contribution < -0.4 is 20.1 Å². The zero-order valence-corrected chi connectivity index (χ0v) is 26.9. The highest BCUT2D eigenvalue weighted by molar-refractivity contribution is 5.96. The van der Waals surface area contributed by atoms with Gasteiger partial charge in [0, 0.05) is 24.4 Å². The quantitative estimate of drug-likeness (QED) is 0.411. The number of allylic oxidation sites excluding steroid dienone is 1. The second-order valence-electron chi connectivity index (χ2n) is 13.9. The van der Waals surface area contributed by atoms with Crippen molar-refractivity contribution in [1.29, 1.82) is 0 Å². The first-order chi connectivity index (χ1) is 22.3. The standard InChI is InChI=1S/C33H42N4O10/c1-32(2,3)47-30(42)34-23-10-8-6-4-5-7-9-20-14-33(20,29(40)41)35-27(38)24-13-21(16-37(24)28(23)39)46-31(43)36-15-19-11-12-25-26(22(19)17-36)45-18-44-25/h7,9,11-12,20-21,23-24H,4-6,8,10,13-18H2,1-3H3,(H,34,42)(H,35,38)(H,40,41). The van der Waals surface area contributed by atoms with E-state index in [4.69, 9.17) is 18.9 Å². The average Bonchev–Trinajstić information content (AvgIpc) is 3.40. The molecular weight excluding hydrogens is 612 g/mol. The minimum absolute atomic E-state index is 0.0359. The van der Waals surface area contributed by atoms with Gasteiger partial charge in [-0.15, -0.1) is 0 Å². The predicted molar refractivity (Wildman–Crippen MR) is 164 cm³/mol. The van der Waals surface area contributed by atoms with Crippen LogP contribution in [0.4, 0.5) is 9.59 Å². The molecule has 14 nitrogen and oxygen atoms in total. The summed E-state index contributed by atoms with van der Waals surface area (Å²) in [5.41, 5.74) is -0.523. The highest BCUT2D eigenvalue weighted by Gasteiger charge is 2.61. The van der Waals surface area contributed by atoms with Gasteiger partial charge in [0.25, 0.3) is 0 Å². The Hall–Kier alpha value is -4.49. The van der Waals surface area contributed by atoms with E-state index in [1.807, 2.05) is 18.2 Å². The number of alkyl carbamates (subject to hydrolysis) is 1. The van der Waals surface area contributed by atoms with Crippen molar-refractivity contribution in [3.05, 3.63) is 35.4 Å². The zero-order valence-electron chi connectivity index (χ0n) is 26.9. The summed E-state index contributed by atoms with van der Waals surface area (Å²) in [6.45, 7) is 5.69. The van der Waals surface area contributed by atoms with Crippen molar-refractivity contribution in [2.24, 2.45) is 5.92 Å². The third-order valence-corrected chi connectivity index (χ3v) is 9.29. The topological polar surface area (TPSA) is 173 Å². The molecule has 0 spiro atoms. The summed E-state index contributed by atoms with van der Waals surface area (Å²) in [4.78, 5) is 69.3. The summed E-state index contributed by atoms with van der Waals surface area (Å²) >= 11 is 0. The molecule has 2 fully saturated rings. The van der Waals surface area contributed by atoms with E-state index in [1.165, 1.54) is 9.80 Å². The van der Waals surface area contributed by atoms with Gasteiger partial charge in [0.15, 0.2) is 11.5 Å². The monoisotopic (exact) mass is 654 g/mol. The van der Waals surface area contributed by atoms with E-state index in [9.17, 15) is 29.1 Å². The molecule has 1 aliphatic carbocycles. The second-order valence-corrected chi connectivity index (χ2v) is 13.9. The van der Waals surface area contributed by atoms with Crippen LogP contribution in [0.3, 0.4) is 0 Å². The molecule has 1 aromatic carbocycles. The Morgan fingerprint density at radius 2 is 1.91 bits per heavy atom. The number of carbonyl (C=O) groups excluding carboxylic acids is 4. The molecule has 1 aromatic rings. The number of aliphatic carboxylic acids is 1. The van der Waals surface area contributed by atoms with E-state index in [0.29, 0.717) is 30.9 Å². The van der Waals surface area contributed by atoms with Gasteiger partial charge in [0.2, 0.25) is 18.6 Å². The lowest BCUT2D eigenvalue weighted by Crippen LogP contribution is -2.56. The van der Waals surface area contributed by atoms with Gasteiger partial charge >= 0.3 is 18.2 Å². The number of nitrogens with zero attached hydrogens (tertiary/aromatic N) is 2. The number of fused-ring (bicyclic) bond motifs is 5. The molecule has 254 valence electrons. The average molecular weight is 655 g/mol. The van der Waals surface area contributed by atoms with E-state index in [-0.39, 0.29) is 38.6 Å². The first-order valence-corrected chi connectivity index (χ1v) is 16.2. The Bertz CT molecular complexity index is 1490. The third kappa shape index (κ3) is 6.82. The number of carbonyl (C=O) groups is 5. The minimum atomic E-state index is -1.47. The highest BCUT2D eigenvalue weighted by Crippen LogP contribution is 2.46. The van der Waals surface area contributed by atoms with Crippen LogP contribution in [0.5, 0.6) is 11.5 Å². The normalized spacial score (nSPS) is 28.7. The summed E-state index contributed by atoms with van der Waals surface area (Å²) in [7, 11) is 0. The summed E-state index contributed by atoms with van der Waals surface area (Å²) in [5, 5.41) is 15.5. The molecule has 5 aliphatic rings. The van der Waals surface area contributed by atoms with E-state index in [0.717, 1.165) is 30.4 Å². The molecule has 47 heavy (non-hydrogen) atoms. The van der Waals surface area contributed by atoms with Gasteiger partial charge in [-0.2, -0.15) is 0 Å². The number of benzene rings is 1. The minimum Gasteiger partial charge on any atom is -0.479 e. The molecule has 4 heterocycles. The lowest BCUT2D eigenvalue weighted by atomic mass is 10.0. The highest BCUT2D eigenvalue weighted by atomic mass is 16.7. The molecule has 3 N–H and O–H groups in total. The van der Waals surface area contributed by atoms with Crippen LogP contribution in [0.1, 0.15) is 76.8 Å². The van der Waals surface area contributed by atoms with Gasteiger partial charge in [-0.05, 0) is 58.1 Å². The van der Waals surface area contributed by atoms with Crippen LogP contribution in [-0.2, 0) is 36.9 Å². The lowest BCUT2D eigenvalue weighted by molar-refractivity contribution is -0.145. The van der Waals surface area contributed by atoms with Crippen LogP contribution in [-0.4, -0.2) is 87.5 Å². The van der Waals surface area contributed by atoms with Gasteiger partial charge in [0.1, 0.15) is 29.3 Å². The van der Waals surface area contributed by atoms with Crippen molar-refractivity contribution in [1.82, 2.24) is 20.4 Å². The molecule has 5 atom stereocenters. The van der Waals surface area contributed by atoms with Crippen molar-refractivity contribution >= 4 is 30.0 Å². The second kappa shape index (κ2) is 12.6. The molecule has 0 bridgehead atoms. The molecule has 4 aliphatic heterocycles. The zero-order chi connectivity index (χ0) is 33.5. The fourth-order valence-electron chi connectivity index (χ4n) is 6.79.